The van der Waals surface area contributed by atoms with Crippen LogP contribution < -0.4 is 10.5 Å². The lowest BCUT2D eigenvalue weighted by Crippen LogP contribution is -2.17. The fourth-order valence-corrected chi connectivity index (χ4v) is 2.57. The second kappa shape index (κ2) is 6.42. The van der Waals surface area contributed by atoms with Gasteiger partial charge in [0.1, 0.15) is 11.5 Å². The Morgan fingerprint density at radius 2 is 1.90 bits per heavy atom. The van der Waals surface area contributed by atoms with Crippen molar-refractivity contribution < 1.29 is 4.74 Å². The molecule has 0 heterocycles. The number of nitrogens with two attached hydrogens (primary N) is 1. The summed E-state index contributed by atoms with van der Waals surface area (Å²) >= 11 is 3.59. The summed E-state index contributed by atoms with van der Waals surface area (Å²) < 4.78 is 7.01. The zero-order chi connectivity index (χ0) is 14.7. The van der Waals surface area contributed by atoms with Gasteiger partial charge in [-0.15, -0.1) is 0 Å². The molecule has 2 aromatic carbocycles. The molecule has 1 atom stereocenters. The number of halogens is 1. The van der Waals surface area contributed by atoms with E-state index in [0.29, 0.717) is 0 Å². The van der Waals surface area contributed by atoms with Gasteiger partial charge >= 0.3 is 0 Å². The number of ether oxygens (including phenoxy) is 1. The molecule has 0 radical (unpaired) electrons. The van der Waals surface area contributed by atoms with Crippen molar-refractivity contribution in [1.29, 1.82) is 0 Å². The zero-order valence-electron chi connectivity index (χ0n) is 12.1. The molecule has 3 heteroatoms. The number of hydrogen-bond donors (Lipinski definition) is 1. The molecular weight excluding hydrogens is 314 g/mol. The third-order valence-corrected chi connectivity index (χ3v) is 3.88. The molecule has 20 heavy (non-hydrogen) atoms. The number of aryl methyl sites for hydroxylation is 2. The van der Waals surface area contributed by atoms with Crippen molar-refractivity contribution in [2.45, 2.75) is 33.2 Å². The Kier molecular flexibility index (Phi) is 4.84. The molecule has 0 aliphatic rings. The largest absolute Gasteiger partial charge is 0.457 e. The Hall–Kier alpha value is -1.32. The third-order valence-electron chi connectivity index (χ3n) is 3.14. The minimum absolute atomic E-state index is 0.150. The summed E-state index contributed by atoms with van der Waals surface area (Å²) in [7, 11) is 0. The Morgan fingerprint density at radius 3 is 2.55 bits per heavy atom. The first-order valence-electron chi connectivity index (χ1n) is 6.75. The topological polar surface area (TPSA) is 35.2 Å². The average Bonchev–Trinajstić information content (AvgIpc) is 2.37. The van der Waals surface area contributed by atoms with Crippen molar-refractivity contribution in [3.8, 4) is 11.5 Å². The fraction of sp³-hybridized carbons (Fsp3) is 0.294. The molecule has 106 valence electrons. The lowest BCUT2D eigenvalue weighted by atomic mass is 10.1. The highest BCUT2D eigenvalue weighted by molar-refractivity contribution is 9.10. The lowest BCUT2D eigenvalue weighted by Gasteiger charge is -2.12. The molecular formula is C17H20BrNO. The van der Waals surface area contributed by atoms with E-state index in [9.17, 15) is 0 Å². The van der Waals surface area contributed by atoms with Gasteiger partial charge in [0, 0.05) is 10.5 Å². The van der Waals surface area contributed by atoms with Crippen LogP contribution >= 0.6 is 15.9 Å². The third kappa shape index (κ3) is 3.84. The highest BCUT2D eigenvalue weighted by Gasteiger charge is 2.07. The van der Waals surface area contributed by atoms with Crippen LogP contribution in [0.25, 0.3) is 0 Å². The van der Waals surface area contributed by atoms with Gasteiger partial charge in [-0.1, -0.05) is 34.1 Å². The number of rotatable bonds is 4. The fourth-order valence-electron chi connectivity index (χ4n) is 2.05. The first-order valence-corrected chi connectivity index (χ1v) is 7.54. The summed E-state index contributed by atoms with van der Waals surface area (Å²) in [5, 5.41) is 0. The molecule has 0 aromatic heterocycles. The van der Waals surface area contributed by atoms with Crippen molar-refractivity contribution in [2.75, 3.05) is 0 Å². The van der Waals surface area contributed by atoms with Gasteiger partial charge in [-0.25, -0.2) is 0 Å². The van der Waals surface area contributed by atoms with Gasteiger partial charge in [0.2, 0.25) is 0 Å². The molecule has 0 aliphatic heterocycles. The van der Waals surface area contributed by atoms with Crippen LogP contribution in [0.3, 0.4) is 0 Å². The maximum absolute atomic E-state index is 5.97. The van der Waals surface area contributed by atoms with Crippen molar-refractivity contribution in [3.63, 3.8) is 0 Å². The molecule has 2 N–H and O–H groups in total. The van der Waals surface area contributed by atoms with Crippen LogP contribution in [-0.2, 0) is 6.42 Å². The van der Waals surface area contributed by atoms with Gasteiger partial charge in [-0.05, 0) is 62.1 Å². The SMILES string of the molecule is Cc1ccc(C)c(Oc2ccc(CC(C)N)c(Br)c2)c1. The van der Waals surface area contributed by atoms with E-state index in [4.69, 9.17) is 10.5 Å². The Morgan fingerprint density at radius 1 is 1.15 bits per heavy atom. The molecule has 2 rings (SSSR count). The molecule has 2 aromatic rings. The molecule has 2 nitrogen and oxygen atoms in total. The van der Waals surface area contributed by atoms with E-state index in [1.54, 1.807) is 0 Å². The molecule has 0 aliphatic carbocycles. The van der Waals surface area contributed by atoms with Crippen molar-refractivity contribution in [3.05, 3.63) is 57.6 Å². The maximum atomic E-state index is 5.97. The quantitative estimate of drug-likeness (QED) is 0.876. The molecule has 1 unspecified atom stereocenters. The minimum Gasteiger partial charge on any atom is -0.457 e. The zero-order valence-corrected chi connectivity index (χ0v) is 13.7. The minimum atomic E-state index is 0.150. The highest BCUT2D eigenvalue weighted by Crippen LogP contribution is 2.30. The van der Waals surface area contributed by atoms with Crippen molar-refractivity contribution in [1.82, 2.24) is 0 Å². The highest BCUT2D eigenvalue weighted by atomic mass is 79.9. The first kappa shape index (κ1) is 15.1. The van der Waals surface area contributed by atoms with Crippen LogP contribution in [0.2, 0.25) is 0 Å². The van der Waals surface area contributed by atoms with Crippen LogP contribution in [0.15, 0.2) is 40.9 Å². The van der Waals surface area contributed by atoms with Crippen molar-refractivity contribution >= 4 is 15.9 Å². The van der Waals surface area contributed by atoms with Crippen LogP contribution in [0, 0.1) is 13.8 Å². The monoisotopic (exact) mass is 333 g/mol. The van der Waals surface area contributed by atoms with Gasteiger partial charge < -0.3 is 10.5 Å². The maximum Gasteiger partial charge on any atom is 0.130 e. The molecule has 0 saturated heterocycles. The first-order chi connectivity index (χ1) is 9.45. The molecule has 0 amide bonds. The predicted molar refractivity (Wildman–Crippen MR) is 87.5 cm³/mol. The smallest absolute Gasteiger partial charge is 0.130 e. The standard InChI is InChI=1S/C17H20BrNO/c1-11-4-5-12(2)17(8-11)20-15-7-6-14(9-13(3)19)16(18)10-15/h4-8,10,13H,9,19H2,1-3H3. The van der Waals surface area contributed by atoms with E-state index in [1.165, 1.54) is 11.1 Å². The molecule has 0 bridgehead atoms. The molecule has 0 spiro atoms. The summed E-state index contributed by atoms with van der Waals surface area (Å²) in [4.78, 5) is 0. The summed E-state index contributed by atoms with van der Waals surface area (Å²) in [5.74, 6) is 1.73. The van der Waals surface area contributed by atoms with E-state index in [1.807, 2.05) is 26.0 Å². The number of hydrogen-bond acceptors (Lipinski definition) is 2. The van der Waals surface area contributed by atoms with Crippen molar-refractivity contribution in [2.24, 2.45) is 5.73 Å². The van der Waals surface area contributed by atoms with Crippen LogP contribution in [0.4, 0.5) is 0 Å². The average molecular weight is 334 g/mol. The molecule has 0 fully saturated rings. The van der Waals surface area contributed by atoms with E-state index in [0.717, 1.165) is 28.0 Å². The van der Waals surface area contributed by atoms with E-state index in [2.05, 4.69) is 47.1 Å². The Labute approximate surface area is 129 Å². The summed E-state index contributed by atoms with van der Waals surface area (Å²) in [5.41, 5.74) is 9.37. The Bertz CT molecular complexity index is 608. The van der Waals surface area contributed by atoms with Gasteiger partial charge in [-0.2, -0.15) is 0 Å². The van der Waals surface area contributed by atoms with E-state index < -0.39 is 0 Å². The summed E-state index contributed by atoms with van der Waals surface area (Å²) in [6.45, 7) is 6.12. The van der Waals surface area contributed by atoms with Crippen LogP contribution in [0.5, 0.6) is 11.5 Å². The van der Waals surface area contributed by atoms with Gasteiger partial charge in [0.15, 0.2) is 0 Å². The second-order valence-electron chi connectivity index (χ2n) is 5.31. The second-order valence-corrected chi connectivity index (χ2v) is 6.16. The summed E-state index contributed by atoms with van der Waals surface area (Å²) in [6.07, 6.45) is 0.852. The molecule has 0 saturated carbocycles. The van der Waals surface area contributed by atoms with Gasteiger partial charge in [0.25, 0.3) is 0 Å². The van der Waals surface area contributed by atoms with Gasteiger partial charge in [0.05, 0.1) is 0 Å². The van der Waals surface area contributed by atoms with Gasteiger partial charge in [-0.3, -0.25) is 0 Å². The lowest BCUT2D eigenvalue weighted by molar-refractivity contribution is 0.478. The van der Waals surface area contributed by atoms with E-state index in [-0.39, 0.29) is 6.04 Å². The Balaban J connectivity index is 2.22. The predicted octanol–water partition coefficient (Wildman–Crippen LogP) is 4.75. The van der Waals surface area contributed by atoms with Crippen LogP contribution in [0.1, 0.15) is 23.6 Å². The van der Waals surface area contributed by atoms with E-state index >= 15 is 0 Å². The normalized spacial score (nSPS) is 12.2. The summed E-state index contributed by atoms with van der Waals surface area (Å²) in [6, 6.07) is 12.4. The number of benzene rings is 2. The van der Waals surface area contributed by atoms with Crippen LogP contribution in [-0.4, -0.2) is 6.04 Å².